The normalized spacial score (nSPS) is 26.1. The Hall–Kier alpha value is -2.92. The predicted molar refractivity (Wildman–Crippen MR) is 151 cm³/mol. The molecule has 0 N–H and O–H groups in total. The van der Waals surface area contributed by atoms with Gasteiger partial charge in [0.05, 0.1) is 18.6 Å². The highest BCUT2D eigenvalue weighted by Gasteiger charge is 2.57. The summed E-state index contributed by atoms with van der Waals surface area (Å²) in [6, 6.07) is 26.6. The molecular formula is C33H38O4S. The van der Waals surface area contributed by atoms with Crippen LogP contribution in [0.25, 0.3) is 0 Å². The summed E-state index contributed by atoms with van der Waals surface area (Å²) < 4.78 is 18.6. The minimum absolute atomic E-state index is 0.00165. The third-order valence-electron chi connectivity index (χ3n) is 8.68. The van der Waals surface area contributed by atoms with E-state index in [0.29, 0.717) is 31.0 Å². The van der Waals surface area contributed by atoms with E-state index in [1.807, 2.05) is 56.3 Å². The van der Waals surface area contributed by atoms with Crippen LogP contribution in [-0.4, -0.2) is 19.2 Å². The van der Waals surface area contributed by atoms with E-state index in [1.54, 1.807) is 0 Å². The molecule has 4 bridgehead atoms. The lowest BCUT2D eigenvalue weighted by Gasteiger charge is -2.56. The largest absolute Gasteiger partial charge is 0.494 e. The third kappa shape index (κ3) is 4.49. The Bertz CT molecular complexity index is 1170. The first-order valence-corrected chi connectivity index (χ1v) is 15.7. The van der Waals surface area contributed by atoms with Crippen LogP contribution >= 0.6 is 10.3 Å². The van der Waals surface area contributed by atoms with Crippen molar-refractivity contribution in [2.75, 3.05) is 13.2 Å². The van der Waals surface area contributed by atoms with Crippen molar-refractivity contribution in [3.8, 4) is 11.5 Å². The van der Waals surface area contributed by atoms with Gasteiger partial charge in [0.15, 0.2) is 0 Å². The molecule has 0 spiro atoms. The van der Waals surface area contributed by atoms with E-state index >= 15 is 0 Å². The highest BCUT2D eigenvalue weighted by atomic mass is 32.3. The highest BCUT2D eigenvalue weighted by molar-refractivity contribution is 8.30. The third-order valence-corrected chi connectivity index (χ3v) is 11.9. The number of carbonyl (C=O) groups is 1. The first kappa shape index (κ1) is 25.4. The van der Waals surface area contributed by atoms with Gasteiger partial charge < -0.3 is 13.7 Å². The molecule has 0 unspecified atom stereocenters. The fraction of sp³-hybridized carbons (Fsp3) is 0.424. The molecule has 0 amide bonds. The number of ether oxygens (including phenoxy) is 2. The van der Waals surface area contributed by atoms with E-state index in [4.69, 9.17) is 13.7 Å². The average Bonchev–Trinajstić information content (AvgIpc) is 2.93. The lowest BCUT2D eigenvalue weighted by molar-refractivity contribution is -0.160. The van der Waals surface area contributed by atoms with Gasteiger partial charge in [-0.05, 0) is 141 Å². The second kappa shape index (κ2) is 10.3. The van der Waals surface area contributed by atoms with Crippen LogP contribution in [0.2, 0.25) is 0 Å². The summed E-state index contributed by atoms with van der Waals surface area (Å²) in [5, 5.41) is 0. The van der Waals surface area contributed by atoms with Crippen LogP contribution in [0.5, 0.6) is 11.5 Å². The van der Waals surface area contributed by atoms with Crippen LogP contribution in [0.3, 0.4) is 0 Å². The van der Waals surface area contributed by atoms with Crippen molar-refractivity contribution in [2.45, 2.75) is 67.1 Å². The molecule has 4 aliphatic rings. The van der Waals surface area contributed by atoms with E-state index < -0.39 is 10.3 Å². The Kier molecular flexibility index (Phi) is 6.90. The molecule has 3 aromatic rings. The molecule has 4 nitrogen and oxygen atoms in total. The van der Waals surface area contributed by atoms with Crippen LogP contribution in [0, 0.1) is 23.2 Å². The molecule has 4 fully saturated rings. The van der Waals surface area contributed by atoms with Gasteiger partial charge in [0.1, 0.15) is 11.5 Å². The van der Waals surface area contributed by atoms with Gasteiger partial charge in [0, 0.05) is 14.7 Å². The number of hydrogen-bond acceptors (Lipinski definition) is 4. The van der Waals surface area contributed by atoms with Gasteiger partial charge in [-0.25, -0.2) is 0 Å². The number of carbonyl (C=O) groups excluding carboxylic acids is 1. The fourth-order valence-corrected chi connectivity index (χ4v) is 10.6. The maximum atomic E-state index is 14.5. The quantitative estimate of drug-likeness (QED) is 0.278. The molecule has 0 heterocycles. The molecule has 7 rings (SSSR count). The Labute approximate surface area is 228 Å². The van der Waals surface area contributed by atoms with Crippen LogP contribution in [-0.2, 0) is 8.98 Å². The lowest BCUT2D eigenvalue weighted by atomic mass is 9.49. The summed E-state index contributed by atoms with van der Waals surface area (Å²) in [5.74, 6) is 3.65. The summed E-state index contributed by atoms with van der Waals surface area (Å²) >= 11 is 0. The van der Waals surface area contributed by atoms with Crippen molar-refractivity contribution in [3.05, 3.63) is 78.9 Å². The molecule has 0 saturated heterocycles. The fourth-order valence-electron chi connectivity index (χ4n) is 7.52. The maximum Gasteiger partial charge on any atom is 0.323 e. The van der Waals surface area contributed by atoms with Crippen molar-refractivity contribution in [3.63, 3.8) is 0 Å². The van der Waals surface area contributed by atoms with Crippen molar-refractivity contribution >= 4 is 16.3 Å². The van der Waals surface area contributed by atoms with Gasteiger partial charge in [-0.2, -0.15) is 0 Å². The van der Waals surface area contributed by atoms with Crippen molar-refractivity contribution in [1.82, 2.24) is 0 Å². The molecule has 5 heteroatoms. The summed E-state index contributed by atoms with van der Waals surface area (Å²) in [6.45, 7) is 5.19. The standard InChI is InChI=1S/C33H38O4S/c1-3-35-27-10-14-30(15-11-27)38(29-8-6-5-7-9-29,31-16-12-28(13-17-31)36-4-2)37-32(34)33-21-24-18-25(22-33)20-26(19-24)23-33/h5-17,24-26H,3-4,18-23H2,1-2H3. The Morgan fingerprint density at radius 3 is 1.53 bits per heavy atom. The zero-order valence-corrected chi connectivity index (χ0v) is 23.3. The number of benzene rings is 3. The molecule has 0 atom stereocenters. The van der Waals surface area contributed by atoms with E-state index in [-0.39, 0.29) is 11.4 Å². The Balaban J connectivity index is 1.48. The summed E-state index contributed by atoms with van der Waals surface area (Å²) in [6.07, 6.45) is 6.82. The van der Waals surface area contributed by atoms with E-state index in [1.165, 1.54) is 19.3 Å². The zero-order valence-electron chi connectivity index (χ0n) is 22.4. The zero-order chi connectivity index (χ0) is 26.2. The van der Waals surface area contributed by atoms with E-state index in [0.717, 1.165) is 45.4 Å². The summed E-state index contributed by atoms with van der Waals surface area (Å²) in [7, 11) is -2.35. The first-order valence-electron chi connectivity index (χ1n) is 14.1. The SMILES string of the molecule is CCOc1ccc(S(OC(=O)C23CC4CC(CC(C4)C2)C3)(c2ccccc2)c2ccc(OCC)cc2)cc1. The Morgan fingerprint density at radius 1 is 0.684 bits per heavy atom. The average molecular weight is 531 g/mol. The molecule has 0 aromatic heterocycles. The molecule has 3 aromatic carbocycles. The Morgan fingerprint density at radius 2 is 1.11 bits per heavy atom. The van der Waals surface area contributed by atoms with E-state index in [9.17, 15) is 4.79 Å². The molecule has 38 heavy (non-hydrogen) atoms. The summed E-state index contributed by atoms with van der Waals surface area (Å²) in [4.78, 5) is 17.5. The minimum Gasteiger partial charge on any atom is -0.494 e. The van der Waals surface area contributed by atoms with Crippen LogP contribution in [0.4, 0.5) is 0 Å². The van der Waals surface area contributed by atoms with Gasteiger partial charge in [-0.1, -0.05) is 18.2 Å². The number of rotatable bonds is 9. The molecule has 4 saturated carbocycles. The predicted octanol–water partition coefficient (Wildman–Crippen LogP) is 8.44. The topological polar surface area (TPSA) is 44.8 Å². The van der Waals surface area contributed by atoms with Crippen molar-refractivity contribution in [1.29, 1.82) is 0 Å². The van der Waals surface area contributed by atoms with Gasteiger partial charge in [-0.15, -0.1) is 0 Å². The molecule has 4 aliphatic carbocycles. The van der Waals surface area contributed by atoms with Gasteiger partial charge in [0.2, 0.25) is 0 Å². The van der Waals surface area contributed by atoms with Crippen molar-refractivity contribution in [2.24, 2.45) is 23.2 Å². The summed E-state index contributed by atoms with van der Waals surface area (Å²) in [5.41, 5.74) is -0.349. The van der Waals surface area contributed by atoms with Gasteiger partial charge >= 0.3 is 5.97 Å². The van der Waals surface area contributed by atoms with E-state index in [2.05, 4.69) is 36.4 Å². The van der Waals surface area contributed by atoms with Gasteiger partial charge in [-0.3, -0.25) is 4.79 Å². The van der Waals surface area contributed by atoms with Crippen molar-refractivity contribution < 1.29 is 18.5 Å². The molecule has 0 radical (unpaired) electrons. The molecule has 0 aliphatic heterocycles. The molecular weight excluding hydrogens is 492 g/mol. The second-order valence-corrected chi connectivity index (χ2v) is 13.9. The van der Waals surface area contributed by atoms with Crippen LogP contribution in [0.1, 0.15) is 52.4 Å². The van der Waals surface area contributed by atoms with Gasteiger partial charge in [0.25, 0.3) is 0 Å². The second-order valence-electron chi connectivity index (χ2n) is 11.2. The number of hydrogen-bond donors (Lipinski definition) is 0. The smallest absolute Gasteiger partial charge is 0.323 e. The lowest BCUT2D eigenvalue weighted by Crippen LogP contribution is -2.50. The minimum atomic E-state index is -2.35. The molecule has 200 valence electrons. The van der Waals surface area contributed by atoms with Crippen LogP contribution in [0.15, 0.2) is 93.5 Å². The van der Waals surface area contributed by atoms with Crippen LogP contribution < -0.4 is 9.47 Å². The first-order chi connectivity index (χ1) is 18.5. The maximum absolute atomic E-state index is 14.5. The monoisotopic (exact) mass is 530 g/mol. The highest BCUT2D eigenvalue weighted by Crippen LogP contribution is 2.71.